The zero-order chi connectivity index (χ0) is 14.8. The summed E-state index contributed by atoms with van der Waals surface area (Å²) in [6.45, 7) is 0.452. The van der Waals surface area contributed by atoms with E-state index >= 15 is 0 Å². The van der Waals surface area contributed by atoms with Gasteiger partial charge in [0, 0.05) is 22.6 Å². The predicted molar refractivity (Wildman–Crippen MR) is 83.0 cm³/mol. The highest BCUT2D eigenvalue weighted by Gasteiger charge is 2.08. The summed E-state index contributed by atoms with van der Waals surface area (Å²) in [7, 11) is -3.16. The molecule has 0 aliphatic carbocycles. The van der Waals surface area contributed by atoms with Crippen molar-refractivity contribution >= 4 is 33.2 Å². The fraction of sp³-hybridized carbons (Fsp3) is 0.143. The number of halogens is 1. The molecule has 6 heteroatoms. The molecule has 0 fully saturated rings. The Bertz CT molecular complexity index is 712. The molecule has 0 atom stereocenters. The molecule has 0 spiro atoms. The van der Waals surface area contributed by atoms with Crippen LogP contribution in [0, 0.1) is 0 Å². The van der Waals surface area contributed by atoms with E-state index in [-0.39, 0.29) is 0 Å². The van der Waals surface area contributed by atoms with Crippen LogP contribution in [-0.4, -0.2) is 14.7 Å². The normalized spacial score (nSPS) is 11.6. The number of sulfone groups is 1. The second kappa shape index (κ2) is 6.18. The van der Waals surface area contributed by atoms with Crippen LogP contribution in [-0.2, 0) is 16.4 Å². The standard InChI is InChI=1S/C14H14ClNO2S2/c1-20(17,18)12-5-3-11(4-6-12)19-14-7-2-10(9-16)8-13(14)15/h2-8H,9,16H2,1H3. The van der Waals surface area contributed by atoms with Gasteiger partial charge in [-0.05, 0) is 42.0 Å². The highest BCUT2D eigenvalue weighted by molar-refractivity contribution is 7.99. The summed E-state index contributed by atoms with van der Waals surface area (Å²) in [6.07, 6.45) is 1.19. The molecule has 0 amide bonds. The minimum Gasteiger partial charge on any atom is -0.326 e. The first-order valence-corrected chi connectivity index (χ1v) is 8.95. The molecule has 0 saturated carbocycles. The average molecular weight is 328 g/mol. The molecule has 106 valence electrons. The van der Waals surface area contributed by atoms with Crippen LogP contribution in [0.3, 0.4) is 0 Å². The Morgan fingerprint density at radius 2 is 1.80 bits per heavy atom. The summed E-state index contributed by atoms with van der Waals surface area (Å²) in [6, 6.07) is 12.4. The quantitative estimate of drug-likeness (QED) is 0.935. The molecule has 0 heterocycles. The maximum absolute atomic E-state index is 11.4. The maximum Gasteiger partial charge on any atom is 0.175 e. The highest BCUT2D eigenvalue weighted by atomic mass is 35.5. The zero-order valence-corrected chi connectivity index (χ0v) is 13.2. The van der Waals surface area contributed by atoms with Crippen LogP contribution >= 0.6 is 23.4 Å². The van der Waals surface area contributed by atoms with Crippen LogP contribution in [0.4, 0.5) is 0 Å². The van der Waals surface area contributed by atoms with Gasteiger partial charge in [0.2, 0.25) is 0 Å². The minimum atomic E-state index is -3.16. The van der Waals surface area contributed by atoms with Crippen molar-refractivity contribution in [1.29, 1.82) is 0 Å². The molecular formula is C14H14ClNO2S2. The average Bonchev–Trinajstić information content (AvgIpc) is 2.40. The molecule has 0 bridgehead atoms. The van der Waals surface area contributed by atoms with E-state index in [4.69, 9.17) is 17.3 Å². The topological polar surface area (TPSA) is 60.2 Å². The molecule has 3 nitrogen and oxygen atoms in total. The van der Waals surface area contributed by atoms with Crippen LogP contribution in [0.2, 0.25) is 5.02 Å². The van der Waals surface area contributed by atoms with Crippen molar-refractivity contribution in [3.63, 3.8) is 0 Å². The van der Waals surface area contributed by atoms with Crippen molar-refractivity contribution in [3.05, 3.63) is 53.1 Å². The minimum absolute atomic E-state index is 0.312. The molecular weight excluding hydrogens is 314 g/mol. The van der Waals surface area contributed by atoms with Crippen LogP contribution in [0.5, 0.6) is 0 Å². The third kappa shape index (κ3) is 3.76. The van der Waals surface area contributed by atoms with Crippen molar-refractivity contribution in [2.75, 3.05) is 6.26 Å². The first-order valence-electron chi connectivity index (χ1n) is 5.86. The number of rotatable bonds is 4. The summed E-state index contributed by atoms with van der Waals surface area (Å²) in [5.74, 6) is 0. The smallest absolute Gasteiger partial charge is 0.175 e. The Morgan fingerprint density at radius 3 is 2.30 bits per heavy atom. The monoisotopic (exact) mass is 327 g/mol. The van der Waals surface area contributed by atoms with E-state index < -0.39 is 9.84 Å². The molecule has 0 saturated heterocycles. The number of nitrogens with two attached hydrogens (primary N) is 1. The molecule has 2 rings (SSSR count). The molecule has 0 aliphatic rings. The van der Waals surface area contributed by atoms with Crippen molar-refractivity contribution in [1.82, 2.24) is 0 Å². The molecule has 0 unspecified atom stereocenters. The van der Waals surface area contributed by atoms with Crippen LogP contribution in [0.1, 0.15) is 5.56 Å². The van der Waals surface area contributed by atoms with Gasteiger partial charge in [-0.2, -0.15) is 0 Å². The summed E-state index contributed by atoms with van der Waals surface area (Å²) >= 11 is 7.67. The van der Waals surface area contributed by atoms with Gasteiger partial charge in [-0.1, -0.05) is 29.4 Å². The van der Waals surface area contributed by atoms with Crippen molar-refractivity contribution in [2.24, 2.45) is 5.73 Å². The van der Waals surface area contributed by atoms with Gasteiger partial charge in [-0.15, -0.1) is 0 Å². The molecule has 2 aromatic rings. The van der Waals surface area contributed by atoms with Gasteiger partial charge in [-0.25, -0.2) is 8.42 Å². The van der Waals surface area contributed by atoms with Gasteiger partial charge in [-0.3, -0.25) is 0 Å². The third-order valence-corrected chi connectivity index (χ3v) is 5.35. The van der Waals surface area contributed by atoms with Crippen molar-refractivity contribution in [3.8, 4) is 0 Å². The SMILES string of the molecule is CS(=O)(=O)c1ccc(Sc2ccc(CN)cc2Cl)cc1. The van der Waals surface area contributed by atoms with Crippen LogP contribution < -0.4 is 5.73 Å². The summed E-state index contributed by atoms with van der Waals surface area (Å²) in [5.41, 5.74) is 6.53. The molecule has 0 aromatic heterocycles. The van der Waals surface area contributed by atoms with Crippen LogP contribution in [0.25, 0.3) is 0 Å². The van der Waals surface area contributed by atoms with E-state index in [1.807, 2.05) is 18.2 Å². The number of hydrogen-bond donors (Lipinski definition) is 1. The zero-order valence-electron chi connectivity index (χ0n) is 10.8. The second-order valence-corrected chi connectivity index (χ2v) is 7.85. The highest BCUT2D eigenvalue weighted by Crippen LogP contribution is 2.34. The Balaban J connectivity index is 2.22. The van der Waals surface area contributed by atoms with Crippen molar-refractivity contribution in [2.45, 2.75) is 21.2 Å². The predicted octanol–water partition coefficient (Wildman–Crippen LogP) is 3.35. The lowest BCUT2D eigenvalue weighted by Crippen LogP contribution is -1.96. The molecule has 20 heavy (non-hydrogen) atoms. The van der Waals surface area contributed by atoms with Gasteiger partial charge < -0.3 is 5.73 Å². The van der Waals surface area contributed by atoms with Crippen molar-refractivity contribution < 1.29 is 8.42 Å². The fourth-order valence-corrected chi connectivity index (χ4v) is 3.40. The summed E-state index contributed by atoms with van der Waals surface area (Å²) in [5, 5.41) is 0.644. The van der Waals surface area contributed by atoms with Gasteiger partial charge in [0.15, 0.2) is 9.84 Å². The first-order chi connectivity index (χ1) is 9.40. The Hall–Kier alpha value is -1.01. The van der Waals surface area contributed by atoms with Gasteiger partial charge >= 0.3 is 0 Å². The second-order valence-electron chi connectivity index (χ2n) is 4.31. The number of benzene rings is 2. The van der Waals surface area contributed by atoms with E-state index in [0.29, 0.717) is 16.5 Å². The largest absolute Gasteiger partial charge is 0.326 e. The first kappa shape index (κ1) is 15.4. The molecule has 2 N–H and O–H groups in total. The summed E-state index contributed by atoms with van der Waals surface area (Å²) < 4.78 is 22.8. The van der Waals surface area contributed by atoms with Crippen LogP contribution in [0.15, 0.2) is 57.2 Å². The van der Waals surface area contributed by atoms with Gasteiger partial charge in [0.25, 0.3) is 0 Å². The fourth-order valence-electron chi connectivity index (χ4n) is 1.64. The third-order valence-electron chi connectivity index (χ3n) is 2.71. The number of hydrogen-bond acceptors (Lipinski definition) is 4. The van der Waals surface area contributed by atoms with Gasteiger partial charge in [0.1, 0.15) is 0 Å². The Labute approximate surface area is 128 Å². The van der Waals surface area contributed by atoms with E-state index in [9.17, 15) is 8.42 Å². The molecule has 0 aliphatic heterocycles. The lowest BCUT2D eigenvalue weighted by atomic mass is 10.2. The Morgan fingerprint density at radius 1 is 1.15 bits per heavy atom. The van der Waals surface area contributed by atoms with E-state index in [0.717, 1.165) is 15.4 Å². The molecule has 2 aromatic carbocycles. The molecule has 0 radical (unpaired) electrons. The maximum atomic E-state index is 11.4. The Kier molecular flexibility index (Phi) is 4.75. The van der Waals surface area contributed by atoms with E-state index in [2.05, 4.69) is 0 Å². The lowest BCUT2D eigenvalue weighted by molar-refractivity contribution is 0.602. The van der Waals surface area contributed by atoms with Gasteiger partial charge in [0.05, 0.1) is 9.92 Å². The van der Waals surface area contributed by atoms with E-state index in [1.165, 1.54) is 18.0 Å². The summed E-state index contributed by atoms with van der Waals surface area (Å²) in [4.78, 5) is 2.15. The lowest BCUT2D eigenvalue weighted by Gasteiger charge is -2.06. The van der Waals surface area contributed by atoms with E-state index in [1.54, 1.807) is 24.3 Å².